The van der Waals surface area contributed by atoms with Gasteiger partial charge in [-0.3, -0.25) is 0 Å². The zero-order valence-corrected chi connectivity index (χ0v) is 13.4. The zero-order chi connectivity index (χ0) is 14.8. The predicted molar refractivity (Wildman–Crippen MR) is 91.0 cm³/mol. The highest BCUT2D eigenvalue weighted by Crippen LogP contribution is 2.46. The number of para-hydroxylation sites is 1. The number of nitrogens with one attached hydrogen (secondary N) is 1. The van der Waals surface area contributed by atoms with Crippen molar-refractivity contribution in [3.8, 4) is 5.75 Å². The number of benzene rings is 1. The van der Waals surface area contributed by atoms with Crippen LogP contribution in [0.3, 0.4) is 0 Å². The van der Waals surface area contributed by atoms with Crippen LogP contribution in [0.1, 0.15) is 50.5 Å². The summed E-state index contributed by atoms with van der Waals surface area (Å²) < 4.78 is 6.24. The first-order valence-electron chi connectivity index (χ1n) is 9.08. The molecular weight excluding hydrogens is 270 g/mol. The van der Waals surface area contributed by atoms with Crippen molar-refractivity contribution in [2.24, 2.45) is 11.8 Å². The highest BCUT2D eigenvalue weighted by atomic mass is 16.5. The Morgan fingerprint density at radius 1 is 0.955 bits per heavy atom. The number of piperidine rings is 1. The Balaban J connectivity index is 1.83. The van der Waals surface area contributed by atoms with E-state index in [1.54, 1.807) is 11.1 Å². The van der Waals surface area contributed by atoms with E-state index in [1.807, 2.05) is 0 Å². The molecule has 1 aromatic carbocycles. The minimum absolute atomic E-state index is 0.715. The molecule has 1 aromatic rings. The maximum absolute atomic E-state index is 6.24. The van der Waals surface area contributed by atoms with E-state index in [4.69, 9.17) is 4.74 Å². The summed E-state index contributed by atoms with van der Waals surface area (Å²) in [5, 5.41) is 3.51. The van der Waals surface area contributed by atoms with Gasteiger partial charge in [-0.05, 0) is 62.2 Å². The molecule has 2 unspecified atom stereocenters. The summed E-state index contributed by atoms with van der Waals surface area (Å²) in [6, 6.07) is 8.76. The van der Waals surface area contributed by atoms with Crippen LogP contribution in [0, 0.1) is 11.8 Å². The summed E-state index contributed by atoms with van der Waals surface area (Å²) in [4.78, 5) is 0. The van der Waals surface area contributed by atoms with Gasteiger partial charge in [0.05, 0.1) is 6.61 Å². The average molecular weight is 297 g/mol. The minimum Gasteiger partial charge on any atom is -0.493 e. The molecule has 2 atom stereocenters. The first kappa shape index (κ1) is 14.3. The molecule has 2 fully saturated rings. The first-order valence-corrected chi connectivity index (χ1v) is 9.08. The molecule has 2 nitrogen and oxygen atoms in total. The van der Waals surface area contributed by atoms with Gasteiger partial charge >= 0.3 is 0 Å². The molecule has 2 heteroatoms. The molecule has 22 heavy (non-hydrogen) atoms. The van der Waals surface area contributed by atoms with E-state index >= 15 is 0 Å². The summed E-state index contributed by atoms with van der Waals surface area (Å²) in [5.74, 6) is 2.56. The van der Waals surface area contributed by atoms with Gasteiger partial charge in [0.1, 0.15) is 5.75 Å². The molecule has 0 amide bonds. The number of fused-ring (bicyclic) bond motifs is 2. The highest BCUT2D eigenvalue weighted by Gasteiger charge is 2.33. The third-order valence-electron chi connectivity index (χ3n) is 5.75. The number of hydrogen-bond acceptors (Lipinski definition) is 2. The molecule has 0 aromatic heterocycles. The van der Waals surface area contributed by atoms with Crippen molar-refractivity contribution in [1.29, 1.82) is 0 Å². The molecule has 2 heterocycles. The predicted octanol–water partition coefficient (Wildman–Crippen LogP) is 4.41. The molecule has 0 spiro atoms. The quantitative estimate of drug-likeness (QED) is 0.765. The van der Waals surface area contributed by atoms with Gasteiger partial charge in [-0.1, -0.05) is 43.0 Å². The number of allylic oxidation sites excluding steroid dienone is 1. The maximum Gasteiger partial charge on any atom is 0.126 e. The topological polar surface area (TPSA) is 21.3 Å². The standard InChI is InChI=1S/C20H27NO/c1-2-6-16-14-22-19-9-5-4-8-18(19)20(17(16)7-3-1)15-10-12-21-13-11-15/h4-5,8-9,16-17,21H,1-3,6-7,10-14H2. The van der Waals surface area contributed by atoms with Gasteiger partial charge < -0.3 is 10.1 Å². The Morgan fingerprint density at radius 2 is 1.77 bits per heavy atom. The van der Waals surface area contributed by atoms with Crippen molar-refractivity contribution in [2.45, 2.75) is 44.9 Å². The van der Waals surface area contributed by atoms with Crippen molar-refractivity contribution < 1.29 is 4.74 Å². The SMILES string of the molecule is c1ccc2c(c1)OCC1CCCCCC1C2=C1CCNCC1. The third-order valence-corrected chi connectivity index (χ3v) is 5.75. The number of ether oxygens (including phenoxy) is 1. The van der Waals surface area contributed by atoms with Gasteiger partial charge in [-0.25, -0.2) is 0 Å². The lowest BCUT2D eigenvalue weighted by atomic mass is 9.76. The normalized spacial score (nSPS) is 28.9. The van der Waals surface area contributed by atoms with Crippen molar-refractivity contribution in [1.82, 2.24) is 5.32 Å². The maximum atomic E-state index is 6.24. The fourth-order valence-electron chi connectivity index (χ4n) is 4.63. The second-order valence-electron chi connectivity index (χ2n) is 7.08. The Hall–Kier alpha value is -1.28. The number of hydrogen-bond donors (Lipinski definition) is 1. The molecular formula is C20H27NO. The summed E-state index contributed by atoms with van der Waals surface area (Å²) in [5.41, 5.74) is 4.77. The Morgan fingerprint density at radius 3 is 2.68 bits per heavy atom. The Labute approximate surface area is 133 Å². The molecule has 2 aliphatic heterocycles. The molecule has 0 radical (unpaired) electrons. The fraction of sp³-hybridized carbons (Fsp3) is 0.600. The summed E-state index contributed by atoms with van der Waals surface area (Å²) >= 11 is 0. The van der Waals surface area contributed by atoms with Gasteiger partial charge in [0.2, 0.25) is 0 Å². The van der Waals surface area contributed by atoms with Crippen LogP contribution in [0.15, 0.2) is 29.8 Å². The van der Waals surface area contributed by atoms with E-state index < -0.39 is 0 Å². The Bertz CT molecular complexity index is 555. The monoisotopic (exact) mass is 297 g/mol. The van der Waals surface area contributed by atoms with Gasteiger partial charge in [0.15, 0.2) is 0 Å². The van der Waals surface area contributed by atoms with Crippen LogP contribution in [0.25, 0.3) is 5.57 Å². The van der Waals surface area contributed by atoms with Crippen molar-refractivity contribution >= 4 is 5.57 Å². The summed E-state index contributed by atoms with van der Waals surface area (Å²) in [7, 11) is 0. The van der Waals surface area contributed by atoms with Gasteiger partial charge in [0.25, 0.3) is 0 Å². The van der Waals surface area contributed by atoms with Gasteiger partial charge in [0, 0.05) is 5.56 Å². The van der Waals surface area contributed by atoms with Crippen LogP contribution in [0.4, 0.5) is 0 Å². The van der Waals surface area contributed by atoms with E-state index in [-0.39, 0.29) is 0 Å². The van der Waals surface area contributed by atoms with Crippen molar-refractivity contribution in [2.75, 3.05) is 19.7 Å². The van der Waals surface area contributed by atoms with E-state index in [0.717, 1.165) is 31.4 Å². The van der Waals surface area contributed by atoms with E-state index in [0.29, 0.717) is 5.92 Å². The third kappa shape index (κ3) is 2.69. The lowest BCUT2D eigenvalue weighted by molar-refractivity contribution is 0.217. The van der Waals surface area contributed by atoms with E-state index in [1.165, 1.54) is 50.5 Å². The van der Waals surface area contributed by atoms with Crippen LogP contribution in [0.2, 0.25) is 0 Å². The Kier molecular flexibility index (Phi) is 4.20. The first-order chi connectivity index (χ1) is 10.9. The van der Waals surface area contributed by atoms with Crippen LogP contribution >= 0.6 is 0 Å². The fourth-order valence-corrected chi connectivity index (χ4v) is 4.63. The summed E-state index contributed by atoms with van der Waals surface area (Å²) in [6.07, 6.45) is 9.30. The van der Waals surface area contributed by atoms with Crippen molar-refractivity contribution in [3.05, 3.63) is 35.4 Å². The molecule has 3 aliphatic rings. The molecule has 1 saturated carbocycles. The van der Waals surface area contributed by atoms with E-state index in [2.05, 4.69) is 29.6 Å². The van der Waals surface area contributed by atoms with Crippen LogP contribution in [0.5, 0.6) is 5.75 Å². The second-order valence-corrected chi connectivity index (χ2v) is 7.08. The second kappa shape index (κ2) is 6.45. The summed E-state index contributed by atoms with van der Waals surface area (Å²) in [6.45, 7) is 3.19. The molecule has 1 N–H and O–H groups in total. The van der Waals surface area contributed by atoms with Crippen LogP contribution < -0.4 is 10.1 Å². The molecule has 1 saturated heterocycles. The van der Waals surface area contributed by atoms with Crippen LogP contribution in [-0.2, 0) is 0 Å². The van der Waals surface area contributed by atoms with Crippen LogP contribution in [-0.4, -0.2) is 19.7 Å². The largest absolute Gasteiger partial charge is 0.493 e. The van der Waals surface area contributed by atoms with Gasteiger partial charge in [-0.15, -0.1) is 0 Å². The minimum atomic E-state index is 0.715. The molecule has 4 rings (SSSR count). The molecule has 0 bridgehead atoms. The van der Waals surface area contributed by atoms with E-state index in [9.17, 15) is 0 Å². The smallest absolute Gasteiger partial charge is 0.126 e. The molecule has 1 aliphatic carbocycles. The van der Waals surface area contributed by atoms with Crippen molar-refractivity contribution in [3.63, 3.8) is 0 Å². The molecule has 118 valence electrons. The lowest BCUT2D eigenvalue weighted by Gasteiger charge is -2.29. The zero-order valence-electron chi connectivity index (χ0n) is 13.4. The lowest BCUT2D eigenvalue weighted by Crippen LogP contribution is -2.26. The average Bonchev–Trinajstić information content (AvgIpc) is 2.88. The number of rotatable bonds is 0. The van der Waals surface area contributed by atoms with Gasteiger partial charge in [-0.2, -0.15) is 0 Å². The highest BCUT2D eigenvalue weighted by molar-refractivity contribution is 5.75.